The molecule has 1 N–H and O–H groups in total. The summed E-state index contributed by atoms with van der Waals surface area (Å²) in [4.78, 5) is 21.3. The SMILES string of the molecule is O=C(CC1(O)CCC1)N1CCC2(CCN(Cc3nccs3)C2)CC1. The Morgan fingerprint density at radius 1 is 1.21 bits per heavy atom. The molecule has 3 heterocycles. The molecule has 1 aliphatic carbocycles. The van der Waals surface area contributed by atoms with Gasteiger partial charge in [-0.25, -0.2) is 4.98 Å². The zero-order valence-corrected chi connectivity index (χ0v) is 15.1. The van der Waals surface area contributed by atoms with Crippen LogP contribution in [0, 0.1) is 5.41 Å². The summed E-state index contributed by atoms with van der Waals surface area (Å²) in [7, 11) is 0. The third-order valence-electron chi connectivity index (χ3n) is 6.30. The molecule has 4 rings (SSSR count). The molecule has 1 saturated carbocycles. The van der Waals surface area contributed by atoms with Gasteiger partial charge in [0.25, 0.3) is 0 Å². The minimum absolute atomic E-state index is 0.157. The molecule has 0 bridgehead atoms. The van der Waals surface area contributed by atoms with E-state index in [1.807, 2.05) is 16.5 Å². The van der Waals surface area contributed by atoms with Gasteiger partial charge in [0.1, 0.15) is 5.01 Å². The van der Waals surface area contributed by atoms with E-state index in [1.54, 1.807) is 11.3 Å². The first-order valence-electron chi connectivity index (χ1n) is 9.17. The van der Waals surface area contributed by atoms with Crippen molar-refractivity contribution in [2.45, 2.75) is 57.1 Å². The second-order valence-electron chi connectivity index (χ2n) is 8.02. The highest BCUT2D eigenvalue weighted by atomic mass is 32.1. The Kier molecular flexibility index (Phi) is 4.39. The van der Waals surface area contributed by atoms with Crippen molar-refractivity contribution in [3.8, 4) is 0 Å². The van der Waals surface area contributed by atoms with E-state index in [4.69, 9.17) is 0 Å². The Morgan fingerprint density at radius 3 is 2.58 bits per heavy atom. The minimum atomic E-state index is -0.690. The van der Waals surface area contributed by atoms with Crippen molar-refractivity contribution in [2.24, 2.45) is 5.41 Å². The van der Waals surface area contributed by atoms with E-state index in [0.717, 1.165) is 64.8 Å². The standard InChI is InChI=1S/C18H27N3O2S/c22-16(12-18(23)2-1-3-18)21-9-5-17(6-10-21)4-8-20(14-17)13-15-19-7-11-24-15/h7,11,23H,1-6,8-10,12-14H2. The maximum atomic E-state index is 12.4. The van der Waals surface area contributed by atoms with E-state index in [-0.39, 0.29) is 5.91 Å². The third kappa shape index (κ3) is 3.37. The summed E-state index contributed by atoms with van der Waals surface area (Å²) < 4.78 is 0. The maximum Gasteiger partial charge on any atom is 0.225 e. The summed E-state index contributed by atoms with van der Waals surface area (Å²) in [5, 5.41) is 13.5. The highest BCUT2D eigenvalue weighted by Gasteiger charge is 2.43. The molecule has 5 nitrogen and oxygen atoms in total. The fourth-order valence-corrected chi connectivity index (χ4v) is 5.14. The number of thiazole rings is 1. The molecule has 0 atom stereocenters. The molecule has 1 aromatic heterocycles. The Labute approximate surface area is 147 Å². The zero-order valence-electron chi connectivity index (χ0n) is 14.2. The van der Waals surface area contributed by atoms with Crippen LogP contribution in [0.4, 0.5) is 0 Å². The molecule has 1 amide bonds. The Hall–Kier alpha value is -0.980. The number of nitrogens with zero attached hydrogens (tertiary/aromatic N) is 3. The van der Waals surface area contributed by atoms with E-state index in [9.17, 15) is 9.90 Å². The first kappa shape index (κ1) is 16.5. The van der Waals surface area contributed by atoms with Crippen LogP contribution in [0.2, 0.25) is 0 Å². The summed E-state index contributed by atoms with van der Waals surface area (Å²) in [5.41, 5.74) is -0.300. The number of aliphatic hydroxyl groups is 1. The van der Waals surface area contributed by atoms with Gasteiger partial charge in [-0.1, -0.05) is 0 Å². The highest BCUT2D eigenvalue weighted by Crippen LogP contribution is 2.41. The number of hydrogen-bond donors (Lipinski definition) is 1. The molecule has 3 aliphatic rings. The van der Waals surface area contributed by atoms with Crippen LogP contribution < -0.4 is 0 Å². The van der Waals surface area contributed by atoms with Gasteiger partial charge in [0.05, 0.1) is 18.6 Å². The van der Waals surface area contributed by atoms with Crippen molar-refractivity contribution in [2.75, 3.05) is 26.2 Å². The predicted molar refractivity (Wildman–Crippen MR) is 93.7 cm³/mol. The van der Waals surface area contributed by atoms with Gasteiger partial charge in [-0.15, -0.1) is 11.3 Å². The number of amides is 1. The largest absolute Gasteiger partial charge is 0.389 e. The van der Waals surface area contributed by atoms with Crippen molar-refractivity contribution < 1.29 is 9.90 Å². The maximum absolute atomic E-state index is 12.4. The van der Waals surface area contributed by atoms with Gasteiger partial charge < -0.3 is 10.0 Å². The van der Waals surface area contributed by atoms with Gasteiger partial charge in [-0.05, 0) is 50.5 Å². The average molecular weight is 350 g/mol. The van der Waals surface area contributed by atoms with Gasteiger partial charge in [0.2, 0.25) is 5.91 Å². The Balaban J connectivity index is 1.27. The van der Waals surface area contributed by atoms with Crippen LogP contribution in [0.1, 0.15) is 50.0 Å². The van der Waals surface area contributed by atoms with Crippen LogP contribution in [0.25, 0.3) is 0 Å². The number of carbonyl (C=O) groups excluding carboxylic acids is 1. The van der Waals surface area contributed by atoms with Crippen molar-refractivity contribution in [3.63, 3.8) is 0 Å². The third-order valence-corrected chi connectivity index (χ3v) is 7.07. The van der Waals surface area contributed by atoms with Crippen molar-refractivity contribution in [3.05, 3.63) is 16.6 Å². The number of aromatic nitrogens is 1. The molecule has 0 radical (unpaired) electrons. The van der Waals surface area contributed by atoms with Crippen LogP contribution in [0.5, 0.6) is 0 Å². The van der Waals surface area contributed by atoms with Crippen LogP contribution >= 0.6 is 11.3 Å². The lowest BCUT2D eigenvalue weighted by Crippen LogP contribution is -2.48. The van der Waals surface area contributed by atoms with Crippen LogP contribution in [-0.2, 0) is 11.3 Å². The molecule has 0 aromatic carbocycles. The normalized spacial score (nSPS) is 25.8. The van der Waals surface area contributed by atoms with E-state index in [0.29, 0.717) is 11.8 Å². The van der Waals surface area contributed by atoms with Crippen LogP contribution in [-0.4, -0.2) is 57.6 Å². The van der Waals surface area contributed by atoms with E-state index < -0.39 is 5.60 Å². The second-order valence-corrected chi connectivity index (χ2v) is 9.00. The fourth-order valence-electron chi connectivity index (χ4n) is 4.48. The first-order valence-corrected chi connectivity index (χ1v) is 10.0. The molecular weight excluding hydrogens is 322 g/mol. The van der Waals surface area contributed by atoms with E-state index >= 15 is 0 Å². The van der Waals surface area contributed by atoms with Crippen molar-refractivity contribution in [1.29, 1.82) is 0 Å². The molecule has 0 unspecified atom stereocenters. The lowest BCUT2D eigenvalue weighted by molar-refractivity contribution is -0.142. The summed E-state index contributed by atoms with van der Waals surface area (Å²) >= 11 is 1.73. The second kappa shape index (κ2) is 6.39. The lowest BCUT2D eigenvalue weighted by Gasteiger charge is -2.42. The molecule has 6 heteroatoms. The number of likely N-dealkylation sites (tertiary alicyclic amines) is 2. The molecule has 1 spiro atoms. The van der Waals surface area contributed by atoms with Crippen molar-refractivity contribution >= 4 is 17.2 Å². The van der Waals surface area contributed by atoms with E-state index in [1.165, 1.54) is 11.4 Å². The highest BCUT2D eigenvalue weighted by molar-refractivity contribution is 7.09. The van der Waals surface area contributed by atoms with Crippen LogP contribution in [0.15, 0.2) is 11.6 Å². The molecular formula is C18H27N3O2S. The lowest BCUT2D eigenvalue weighted by atomic mass is 9.76. The van der Waals surface area contributed by atoms with Gasteiger partial charge >= 0.3 is 0 Å². The monoisotopic (exact) mass is 349 g/mol. The van der Waals surface area contributed by atoms with Crippen molar-refractivity contribution in [1.82, 2.24) is 14.8 Å². The Morgan fingerprint density at radius 2 is 1.96 bits per heavy atom. The Bertz CT molecular complexity index is 577. The first-order chi connectivity index (χ1) is 11.6. The number of carbonyl (C=O) groups is 1. The van der Waals surface area contributed by atoms with Gasteiger partial charge in [-0.2, -0.15) is 0 Å². The van der Waals surface area contributed by atoms with Gasteiger partial charge in [-0.3, -0.25) is 9.69 Å². The topological polar surface area (TPSA) is 56.7 Å². The average Bonchev–Trinajstić information content (AvgIpc) is 3.18. The molecule has 132 valence electrons. The molecule has 2 saturated heterocycles. The molecule has 2 aliphatic heterocycles. The smallest absolute Gasteiger partial charge is 0.225 e. The predicted octanol–water partition coefficient (Wildman–Crippen LogP) is 2.26. The number of piperidine rings is 1. The number of rotatable bonds is 4. The number of hydrogen-bond acceptors (Lipinski definition) is 5. The molecule has 24 heavy (non-hydrogen) atoms. The molecule has 1 aromatic rings. The quantitative estimate of drug-likeness (QED) is 0.906. The zero-order chi connectivity index (χ0) is 16.6. The minimum Gasteiger partial charge on any atom is -0.389 e. The summed E-state index contributed by atoms with van der Waals surface area (Å²) in [6.45, 7) is 4.97. The summed E-state index contributed by atoms with van der Waals surface area (Å²) in [5.74, 6) is 0.157. The van der Waals surface area contributed by atoms with Gasteiger partial charge in [0.15, 0.2) is 0 Å². The fraction of sp³-hybridized carbons (Fsp3) is 0.778. The van der Waals surface area contributed by atoms with Gasteiger partial charge in [0, 0.05) is 31.2 Å². The van der Waals surface area contributed by atoms with Crippen LogP contribution in [0.3, 0.4) is 0 Å². The molecule has 3 fully saturated rings. The summed E-state index contributed by atoms with van der Waals surface area (Å²) in [6.07, 6.45) is 8.30. The van der Waals surface area contributed by atoms with E-state index in [2.05, 4.69) is 9.88 Å². The summed E-state index contributed by atoms with van der Waals surface area (Å²) in [6, 6.07) is 0.